The Hall–Kier alpha value is -3.59. The van der Waals surface area contributed by atoms with E-state index in [1.807, 2.05) is 31.7 Å². The molecule has 1 aromatic carbocycles. The SMILES string of the molecule is CC(c1ccc(-c2nc[nH]c3cc(-c4cnn(C)c4)nc2-3)cc1)N1C=C(C(N)=O)SC1C(C)(C)C. The first-order valence-corrected chi connectivity index (χ1v) is 12.4. The number of carbonyl (C=O) groups excluding carboxylic acids is 1. The Labute approximate surface area is 209 Å². The zero-order chi connectivity index (χ0) is 24.9. The second kappa shape index (κ2) is 8.57. The van der Waals surface area contributed by atoms with Crippen LogP contribution in [0.5, 0.6) is 0 Å². The Kier molecular flexibility index (Phi) is 5.67. The van der Waals surface area contributed by atoms with Crippen LogP contribution in [0.15, 0.2) is 60.2 Å². The first-order valence-electron chi connectivity index (χ1n) is 11.5. The maximum atomic E-state index is 11.9. The number of rotatable bonds is 5. The molecular weight excluding hydrogens is 458 g/mol. The Morgan fingerprint density at radius 3 is 2.54 bits per heavy atom. The van der Waals surface area contributed by atoms with Gasteiger partial charge < -0.3 is 15.6 Å². The van der Waals surface area contributed by atoms with Crippen molar-refractivity contribution < 1.29 is 4.79 Å². The van der Waals surface area contributed by atoms with Gasteiger partial charge in [0.15, 0.2) is 0 Å². The van der Waals surface area contributed by atoms with Crippen molar-refractivity contribution in [2.45, 2.75) is 39.1 Å². The molecule has 3 aliphatic heterocycles. The third-order valence-electron chi connectivity index (χ3n) is 6.28. The van der Waals surface area contributed by atoms with Crippen molar-refractivity contribution in [3.8, 4) is 33.9 Å². The first kappa shape index (κ1) is 23.2. The number of nitrogens with two attached hydrogens (primary N) is 1. The summed E-state index contributed by atoms with van der Waals surface area (Å²) in [6, 6.07) is 10.5. The number of thioether (sulfide) groups is 1. The van der Waals surface area contributed by atoms with Gasteiger partial charge in [0.05, 0.1) is 45.9 Å². The summed E-state index contributed by atoms with van der Waals surface area (Å²) in [5.74, 6) is -0.377. The molecule has 180 valence electrons. The van der Waals surface area contributed by atoms with Crippen LogP contribution in [0, 0.1) is 5.41 Å². The van der Waals surface area contributed by atoms with Crippen LogP contribution in [0.25, 0.3) is 33.9 Å². The van der Waals surface area contributed by atoms with E-state index in [1.165, 1.54) is 0 Å². The summed E-state index contributed by atoms with van der Waals surface area (Å²) in [4.78, 5) is 27.4. The van der Waals surface area contributed by atoms with Crippen LogP contribution in [0.4, 0.5) is 0 Å². The Morgan fingerprint density at radius 1 is 1.17 bits per heavy atom. The topological polar surface area (TPSA) is 106 Å². The minimum atomic E-state index is -0.377. The predicted octanol–water partition coefficient (Wildman–Crippen LogP) is 4.79. The number of amides is 1. The van der Waals surface area contributed by atoms with Crippen LogP contribution in [0.1, 0.15) is 39.3 Å². The van der Waals surface area contributed by atoms with Crippen LogP contribution < -0.4 is 5.73 Å². The molecule has 3 N–H and O–H groups in total. The normalized spacial score (nSPS) is 17.1. The van der Waals surface area contributed by atoms with Gasteiger partial charge in [-0.05, 0) is 24.0 Å². The van der Waals surface area contributed by atoms with Gasteiger partial charge in [-0.1, -0.05) is 56.8 Å². The van der Waals surface area contributed by atoms with Crippen molar-refractivity contribution in [3.05, 3.63) is 65.7 Å². The van der Waals surface area contributed by atoms with E-state index in [-0.39, 0.29) is 22.7 Å². The minimum absolute atomic E-state index is 0.0297. The van der Waals surface area contributed by atoms with Crippen LogP contribution in [-0.2, 0) is 11.8 Å². The Bertz CT molecular complexity index is 1380. The van der Waals surface area contributed by atoms with E-state index >= 15 is 0 Å². The van der Waals surface area contributed by atoms with Crippen LogP contribution in [0.3, 0.4) is 0 Å². The number of aromatic nitrogens is 5. The molecule has 0 spiro atoms. The van der Waals surface area contributed by atoms with Gasteiger partial charge in [0.1, 0.15) is 5.69 Å². The fraction of sp³-hybridized carbons (Fsp3) is 0.308. The first-order chi connectivity index (χ1) is 16.6. The van der Waals surface area contributed by atoms with Gasteiger partial charge in [-0.25, -0.2) is 9.97 Å². The van der Waals surface area contributed by atoms with Crippen molar-refractivity contribution in [1.29, 1.82) is 0 Å². The number of hydrogen-bond acceptors (Lipinski definition) is 6. The zero-order valence-electron chi connectivity index (χ0n) is 20.5. The minimum Gasteiger partial charge on any atom is -0.365 e. The number of aryl methyl sites for hydroxylation is 1. The van der Waals surface area contributed by atoms with Gasteiger partial charge in [-0.2, -0.15) is 5.10 Å². The van der Waals surface area contributed by atoms with E-state index in [9.17, 15) is 4.79 Å². The smallest absolute Gasteiger partial charge is 0.256 e. The number of hydrogen-bond donors (Lipinski definition) is 2. The van der Waals surface area contributed by atoms with E-state index in [2.05, 4.69) is 71.9 Å². The van der Waals surface area contributed by atoms with Crippen LogP contribution in [0.2, 0.25) is 0 Å². The number of nitrogens with one attached hydrogen (secondary N) is 1. The van der Waals surface area contributed by atoms with E-state index in [1.54, 1.807) is 22.8 Å². The lowest BCUT2D eigenvalue weighted by atomic mass is 9.93. The molecule has 3 aliphatic rings. The maximum Gasteiger partial charge on any atom is 0.256 e. The summed E-state index contributed by atoms with van der Waals surface area (Å²) >= 11 is 1.54. The molecule has 0 fully saturated rings. The molecule has 35 heavy (non-hydrogen) atoms. The Balaban J connectivity index is 1.45. The number of nitrogens with zero attached hydrogens (tertiary/aromatic N) is 5. The van der Waals surface area contributed by atoms with Crippen LogP contribution in [-0.4, -0.2) is 40.9 Å². The maximum absolute atomic E-state index is 11.9. The highest BCUT2D eigenvalue weighted by molar-refractivity contribution is 8.04. The van der Waals surface area contributed by atoms with Gasteiger partial charge in [-0.3, -0.25) is 9.48 Å². The molecule has 0 saturated heterocycles. The number of primary amides is 1. The largest absolute Gasteiger partial charge is 0.365 e. The highest BCUT2D eigenvalue weighted by Gasteiger charge is 2.39. The fourth-order valence-corrected chi connectivity index (χ4v) is 5.67. The number of carbonyl (C=O) groups is 1. The summed E-state index contributed by atoms with van der Waals surface area (Å²) in [6.07, 6.45) is 7.37. The molecule has 4 heterocycles. The second-order valence-corrected chi connectivity index (χ2v) is 11.1. The van der Waals surface area contributed by atoms with Crippen LogP contribution >= 0.6 is 11.8 Å². The summed E-state index contributed by atoms with van der Waals surface area (Å²) in [6.45, 7) is 8.70. The third kappa shape index (κ3) is 4.32. The lowest BCUT2D eigenvalue weighted by molar-refractivity contribution is -0.113. The Morgan fingerprint density at radius 2 is 1.91 bits per heavy atom. The van der Waals surface area contributed by atoms with Gasteiger partial charge >= 0.3 is 0 Å². The molecule has 8 nitrogen and oxygen atoms in total. The monoisotopic (exact) mass is 487 g/mol. The van der Waals surface area contributed by atoms with Gasteiger partial charge in [0.25, 0.3) is 5.91 Å². The van der Waals surface area contributed by atoms with Crippen molar-refractivity contribution in [2.75, 3.05) is 0 Å². The molecule has 0 aliphatic carbocycles. The molecule has 0 bridgehead atoms. The molecule has 1 aromatic heterocycles. The summed E-state index contributed by atoms with van der Waals surface area (Å²) in [7, 11) is 1.89. The number of fused-ring (bicyclic) bond motifs is 1. The summed E-state index contributed by atoms with van der Waals surface area (Å²) in [5, 5.41) is 4.37. The molecule has 2 aromatic rings. The number of benzene rings is 1. The zero-order valence-corrected chi connectivity index (χ0v) is 21.3. The summed E-state index contributed by atoms with van der Waals surface area (Å²) < 4.78 is 1.77. The predicted molar refractivity (Wildman–Crippen MR) is 139 cm³/mol. The highest BCUT2D eigenvalue weighted by Crippen LogP contribution is 2.46. The third-order valence-corrected chi connectivity index (χ3v) is 8.01. The van der Waals surface area contributed by atoms with Crippen molar-refractivity contribution in [3.63, 3.8) is 0 Å². The average Bonchev–Trinajstić information content (AvgIpc) is 3.55. The van der Waals surface area contributed by atoms with E-state index < -0.39 is 0 Å². The number of H-pyrrole nitrogens is 1. The molecule has 1 amide bonds. The van der Waals surface area contributed by atoms with E-state index in [4.69, 9.17) is 10.7 Å². The average molecular weight is 488 g/mol. The quantitative estimate of drug-likeness (QED) is 0.419. The lowest BCUT2D eigenvalue weighted by Crippen LogP contribution is -2.37. The van der Waals surface area contributed by atoms with Crippen molar-refractivity contribution >= 4 is 17.7 Å². The lowest BCUT2D eigenvalue weighted by Gasteiger charge is -2.38. The van der Waals surface area contributed by atoms with Crippen molar-refractivity contribution in [2.24, 2.45) is 18.2 Å². The standard InChI is InChI=1S/C26H29N7OS/c1-15(33-13-21(24(27)34)35-25(33)26(2,3)4)16-6-8-17(9-7-16)22-23-20(28-14-29-22)10-19(31-23)18-11-30-32(5)12-18/h6-15,25H,1-5H3,(H2,27,34)(H,28,29). The van der Waals surface area contributed by atoms with Crippen molar-refractivity contribution in [1.82, 2.24) is 29.6 Å². The van der Waals surface area contributed by atoms with E-state index in [0.717, 1.165) is 39.5 Å². The molecule has 0 saturated carbocycles. The molecule has 0 radical (unpaired) electrons. The molecule has 9 heteroatoms. The summed E-state index contributed by atoms with van der Waals surface area (Å²) in [5.41, 5.74) is 12.1. The second-order valence-electron chi connectivity index (χ2n) is 10.00. The fourth-order valence-electron chi connectivity index (χ4n) is 4.42. The van der Waals surface area contributed by atoms with Gasteiger partial charge in [0.2, 0.25) is 0 Å². The number of aromatic amines is 1. The molecular formula is C26H29N7OS. The van der Waals surface area contributed by atoms with E-state index in [0.29, 0.717) is 4.91 Å². The molecule has 2 atom stereocenters. The molecule has 2 unspecified atom stereocenters. The van der Waals surface area contributed by atoms with Gasteiger partial charge in [-0.15, -0.1) is 0 Å². The van der Waals surface area contributed by atoms with Gasteiger partial charge in [0, 0.05) is 30.6 Å². The highest BCUT2D eigenvalue weighted by atomic mass is 32.2. The molecule has 5 rings (SSSR count).